The lowest BCUT2D eigenvalue weighted by Crippen LogP contribution is -2.19. The van der Waals surface area contributed by atoms with Crippen LogP contribution < -0.4 is 14.8 Å². The van der Waals surface area contributed by atoms with E-state index in [2.05, 4.69) is 41.2 Å². The second kappa shape index (κ2) is 9.28. The molecule has 5 heteroatoms. The summed E-state index contributed by atoms with van der Waals surface area (Å²) in [6.45, 7) is 8.63. The molecule has 0 aliphatic carbocycles. The van der Waals surface area contributed by atoms with Crippen LogP contribution >= 0.6 is 15.9 Å². The smallest absolute Gasteiger partial charge is 0.175 e. The predicted octanol–water partition coefficient (Wildman–Crippen LogP) is 3.62. The SMILES string of the molecule is COc1cc(CNCC(C)C)cc(Br)c1OCC(C)OC. The van der Waals surface area contributed by atoms with Crippen molar-refractivity contribution in [2.75, 3.05) is 27.4 Å². The maximum absolute atomic E-state index is 5.79. The number of benzene rings is 1. The molecule has 1 atom stereocenters. The van der Waals surface area contributed by atoms with Crippen molar-refractivity contribution < 1.29 is 14.2 Å². The monoisotopic (exact) mass is 359 g/mol. The van der Waals surface area contributed by atoms with E-state index in [-0.39, 0.29) is 6.10 Å². The molecule has 120 valence electrons. The molecule has 1 N–H and O–H groups in total. The molecule has 0 spiro atoms. The van der Waals surface area contributed by atoms with Crippen molar-refractivity contribution in [3.8, 4) is 11.5 Å². The molecule has 21 heavy (non-hydrogen) atoms. The zero-order valence-electron chi connectivity index (χ0n) is 13.5. The first-order chi connectivity index (χ1) is 9.97. The second-order valence-electron chi connectivity index (χ2n) is 5.49. The van der Waals surface area contributed by atoms with Crippen LogP contribution in [0.4, 0.5) is 0 Å². The zero-order valence-corrected chi connectivity index (χ0v) is 15.1. The molecule has 1 unspecified atom stereocenters. The van der Waals surface area contributed by atoms with Crippen LogP contribution in [0.1, 0.15) is 26.3 Å². The molecule has 0 bridgehead atoms. The fraction of sp³-hybridized carbons (Fsp3) is 0.625. The second-order valence-corrected chi connectivity index (χ2v) is 6.35. The van der Waals surface area contributed by atoms with Gasteiger partial charge in [-0.25, -0.2) is 0 Å². The molecule has 0 radical (unpaired) electrons. The summed E-state index contributed by atoms with van der Waals surface area (Å²) in [6.07, 6.45) is 0.0361. The number of rotatable bonds is 9. The van der Waals surface area contributed by atoms with Crippen LogP contribution in [-0.4, -0.2) is 33.5 Å². The van der Waals surface area contributed by atoms with Gasteiger partial charge in [0, 0.05) is 13.7 Å². The third kappa shape index (κ3) is 6.24. The number of ether oxygens (including phenoxy) is 3. The summed E-state index contributed by atoms with van der Waals surface area (Å²) in [5.74, 6) is 2.08. The van der Waals surface area contributed by atoms with E-state index in [4.69, 9.17) is 14.2 Å². The molecule has 4 nitrogen and oxygen atoms in total. The standard InChI is InChI=1S/C16H26BrNO3/c1-11(2)8-18-9-13-6-14(17)16(15(7-13)20-5)21-10-12(3)19-4/h6-7,11-12,18H,8-10H2,1-5H3. The largest absolute Gasteiger partial charge is 0.493 e. The quantitative estimate of drug-likeness (QED) is 0.730. The minimum absolute atomic E-state index is 0.0361. The van der Waals surface area contributed by atoms with Gasteiger partial charge in [0.15, 0.2) is 11.5 Å². The number of hydrogen-bond donors (Lipinski definition) is 1. The Morgan fingerprint density at radius 3 is 2.48 bits per heavy atom. The van der Waals surface area contributed by atoms with E-state index in [0.717, 1.165) is 28.9 Å². The first-order valence-corrected chi connectivity index (χ1v) is 8.00. The third-order valence-corrected chi connectivity index (χ3v) is 3.62. The van der Waals surface area contributed by atoms with Crippen molar-refractivity contribution in [2.24, 2.45) is 5.92 Å². The van der Waals surface area contributed by atoms with Gasteiger partial charge in [0.05, 0.1) is 17.7 Å². The van der Waals surface area contributed by atoms with Gasteiger partial charge < -0.3 is 19.5 Å². The normalized spacial score (nSPS) is 12.5. The summed E-state index contributed by atoms with van der Waals surface area (Å²) in [5.41, 5.74) is 1.16. The molecule has 0 saturated carbocycles. The minimum Gasteiger partial charge on any atom is -0.493 e. The average molecular weight is 360 g/mol. The first kappa shape index (κ1) is 18.3. The van der Waals surface area contributed by atoms with Crippen LogP contribution in [-0.2, 0) is 11.3 Å². The number of nitrogens with one attached hydrogen (secondary N) is 1. The Hall–Kier alpha value is -0.780. The van der Waals surface area contributed by atoms with Gasteiger partial charge in [0.2, 0.25) is 0 Å². The number of hydrogen-bond acceptors (Lipinski definition) is 4. The van der Waals surface area contributed by atoms with Crippen molar-refractivity contribution in [1.82, 2.24) is 5.32 Å². The van der Waals surface area contributed by atoms with E-state index in [9.17, 15) is 0 Å². The summed E-state index contributed by atoms with van der Waals surface area (Å²) in [5, 5.41) is 3.42. The lowest BCUT2D eigenvalue weighted by Gasteiger charge is -2.17. The van der Waals surface area contributed by atoms with Gasteiger partial charge in [-0.3, -0.25) is 0 Å². The summed E-state index contributed by atoms with van der Waals surface area (Å²) in [4.78, 5) is 0. The summed E-state index contributed by atoms with van der Waals surface area (Å²) >= 11 is 3.56. The molecule has 0 aliphatic heterocycles. The van der Waals surface area contributed by atoms with Crippen LogP contribution in [0.3, 0.4) is 0 Å². The molecule has 0 heterocycles. The van der Waals surface area contributed by atoms with E-state index < -0.39 is 0 Å². The molecule has 0 fully saturated rings. The predicted molar refractivity (Wildman–Crippen MR) is 89.2 cm³/mol. The molecule has 0 aliphatic rings. The third-order valence-electron chi connectivity index (χ3n) is 3.04. The van der Waals surface area contributed by atoms with Crippen LogP contribution in [0.2, 0.25) is 0 Å². The van der Waals surface area contributed by atoms with Crippen LogP contribution in [0.15, 0.2) is 16.6 Å². The highest BCUT2D eigenvalue weighted by atomic mass is 79.9. The Bertz CT molecular complexity index is 438. The van der Waals surface area contributed by atoms with Crippen LogP contribution in [0.5, 0.6) is 11.5 Å². The Kier molecular flexibility index (Phi) is 8.07. The number of halogens is 1. The van der Waals surface area contributed by atoms with Crippen molar-refractivity contribution in [2.45, 2.75) is 33.4 Å². The number of methoxy groups -OCH3 is 2. The average Bonchev–Trinajstić information content (AvgIpc) is 2.44. The Morgan fingerprint density at radius 2 is 1.90 bits per heavy atom. The van der Waals surface area contributed by atoms with Gasteiger partial charge in [-0.15, -0.1) is 0 Å². The van der Waals surface area contributed by atoms with Crippen molar-refractivity contribution >= 4 is 15.9 Å². The minimum atomic E-state index is 0.0361. The highest BCUT2D eigenvalue weighted by Crippen LogP contribution is 2.36. The molecule has 1 rings (SSSR count). The highest BCUT2D eigenvalue weighted by molar-refractivity contribution is 9.10. The molecular weight excluding hydrogens is 334 g/mol. The maximum Gasteiger partial charge on any atom is 0.175 e. The Balaban J connectivity index is 2.76. The molecule has 0 amide bonds. The zero-order chi connectivity index (χ0) is 15.8. The van der Waals surface area contributed by atoms with Gasteiger partial charge in [-0.05, 0) is 53.0 Å². The van der Waals surface area contributed by atoms with Gasteiger partial charge in [-0.1, -0.05) is 13.8 Å². The fourth-order valence-corrected chi connectivity index (χ4v) is 2.39. The molecule has 0 aromatic heterocycles. The summed E-state index contributed by atoms with van der Waals surface area (Å²) in [6, 6.07) is 4.06. The van der Waals surface area contributed by atoms with Gasteiger partial charge >= 0.3 is 0 Å². The van der Waals surface area contributed by atoms with Crippen molar-refractivity contribution in [3.05, 3.63) is 22.2 Å². The first-order valence-electron chi connectivity index (χ1n) is 7.20. The molecular formula is C16H26BrNO3. The topological polar surface area (TPSA) is 39.7 Å². The van der Waals surface area contributed by atoms with Crippen molar-refractivity contribution in [1.29, 1.82) is 0 Å². The summed E-state index contributed by atoms with van der Waals surface area (Å²) in [7, 11) is 3.32. The highest BCUT2D eigenvalue weighted by Gasteiger charge is 2.13. The van der Waals surface area contributed by atoms with Gasteiger partial charge in [0.1, 0.15) is 6.61 Å². The van der Waals surface area contributed by atoms with Crippen molar-refractivity contribution in [3.63, 3.8) is 0 Å². The van der Waals surface area contributed by atoms with E-state index in [1.807, 2.05) is 13.0 Å². The Labute approximate surface area is 136 Å². The lowest BCUT2D eigenvalue weighted by atomic mass is 10.2. The molecule has 1 aromatic carbocycles. The van der Waals surface area contributed by atoms with Gasteiger partial charge in [0.25, 0.3) is 0 Å². The van der Waals surface area contributed by atoms with E-state index >= 15 is 0 Å². The molecule has 1 aromatic rings. The summed E-state index contributed by atoms with van der Waals surface area (Å²) < 4.78 is 17.3. The van der Waals surface area contributed by atoms with Gasteiger partial charge in [-0.2, -0.15) is 0 Å². The van der Waals surface area contributed by atoms with E-state index in [1.54, 1.807) is 14.2 Å². The van der Waals surface area contributed by atoms with E-state index in [1.165, 1.54) is 0 Å². The lowest BCUT2D eigenvalue weighted by molar-refractivity contribution is 0.0703. The Morgan fingerprint density at radius 1 is 1.19 bits per heavy atom. The molecule has 0 saturated heterocycles. The maximum atomic E-state index is 5.79. The van der Waals surface area contributed by atoms with E-state index in [0.29, 0.717) is 18.3 Å². The fourth-order valence-electron chi connectivity index (χ4n) is 1.79. The van der Waals surface area contributed by atoms with Crippen LogP contribution in [0.25, 0.3) is 0 Å². The van der Waals surface area contributed by atoms with Crippen LogP contribution in [0, 0.1) is 5.92 Å².